The molecule has 26 heavy (non-hydrogen) atoms. The van der Waals surface area contributed by atoms with E-state index in [0.29, 0.717) is 11.1 Å². The van der Waals surface area contributed by atoms with E-state index in [1.165, 1.54) is 12.5 Å². The summed E-state index contributed by atoms with van der Waals surface area (Å²) >= 11 is 9.67. The summed E-state index contributed by atoms with van der Waals surface area (Å²) in [5.74, 6) is -0.882. The Kier molecular flexibility index (Phi) is 6.77. The molecular weight excluding hydrogens is 370 g/mol. The van der Waals surface area contributed by atoms with Crippen LogP contribution >= 0.6 is 24.2 Å². The summed E-state index contributed by atoms with van der Waals surface area (Å²) in [6.07, 6.45) is 0. The maximum atomic E-state index is 12.2. The molecule has 1 aliphatic rings. The summed E-state index contributed by atoms with van der Waals surface area (Å²) in [5.41, 5.74) is 2.20. The Hall–Kier alpha value is -2.37. The molecule has 2 aromatic carbocycles. The Labute approximate surface area is 162 Å². The minimum absolute atomic E-state index is 0.0428. The highest BCUT2D eigenvalue weighted by Crippen LogP contribution is 2.25. The lowest BCUT2D eigenvalue weighted by molar-refractivity contribution is -0.118. The van der Waals surface area contributed by atoms with Gasteiger partial charge in [-0.2, -0.15) is 12.6 Å². The number of hydrogen-bond acceptors (Lipinski definition) is 4. The van der Waals surface area contributed by atoms with Gasteiger partial charge in [-0.15, -0.1) is 0 Å². The summed E-state index contributed by atoms with van der Waals surface area (Å²) in [4.78, 5) is 35.5. The van der Waals surface area contributed by atoms with Gasteiger partial charge < -0.3 is 5.32 Å². The number of halogens is 1. The van der Waals surface area contributed by atoms with Crippen LogP contribution in [0.5, 0.6) is 0 Å². The number of hydrogen-bond donors (Lipinski definition) is 2. The van der Waals surface area contributed by atoms with Crippen LogP contribution in [0.25, 0.3) is 0 Å². The van der Waals surface area contributed by atoms with Crippen LogP contribution < -0.4 is 5.32 Å². The van der Waals surface area contributed by atoms with E-state index in [1.807, 2.05) is 31.2 Å². The number of nitrogens with one attached hydrogen (secondary N) is 1. The number of Topliss-reactive ketones (excluding diaryl/α,β-unsaturated/α-hetero) is 2. The second-order valence-electron chi connectivity index (χ2n) is 5.69. The predicted octanol–water partition coefficient (Wildman–Crippen LogP) is 4.03. The number of aryl methyl sites for hydroxylation is 1. The smallest absolute Gasteiger partial charge is 0.221 e. The van der Waals surface area contributed by atoms with Crippen molar-refractivity contribution >= 4 is 41.7 Å². The van der Waals surface area contributed by atoms with E-state index in [1.54, 1.807) is 24.3 Å². The first-order valence-electron chi connectivity index (χ1n) is 7.87. The van der Waals surface area contributed by atoms with Crippen LogP contribution in [0.15, 0.2) is 59.8 Å². The van der Waals surface area contributed by atoms with Crippen LogP contribution in [0.2, 0.25) is 5.02 Å². The molecule has 2 aromatic rings. The molecule has 0 aliphatic heterocycles. The molecule has 0 heterocycles. The molecule has 0 atom stereocenters. The number of fused-ring (bicyclic) bond motifs is 1. The first-order chi connectivity index (χ1) is 12.3. The topological polar surface area (TPSA) is 63.2 Å². The number of benzene rings is 2. The number of carbonyl (C=O) groups is 3. The number of thiol groups is 1. The van der Waals surface area contributed by atoms with Crippen molar-refractivity contribution in [1.29, 1.82) is 0 Å². The van der Waals surface area contributed by atoms with Gasteiger partial charge in [0.2, 0.25) is 11.7 Å². The second-order valence-corrected chi connectivity index (χ2v) is 6.44. The van der Waals surface area contributed by atoms with E-state index < -0.39 is 0 Å². The van der Waals surface area contributed by atoms with E-state index in [0.717, 1.165) is 5.02 Å². The van der Waals surface area contributed by atoms with Crippen molar-refractivity contribution in [2.45, 2.75) is 13.8 Å². The monoisotopic (exact) mass is 387 g/mol. The molecule has 0 aromatic heterocycles. The van der Waals surface area contributed by atoms with Gasteiger partial charge in [0.15, 0.2) is 5.78 Å². The highest BCUT2D eigenvalue weighted by atomic mass is 35.5. The van der Waals surface area contributed by atoms with E-state index in [-0.39, 0.29) is 34.5 Å². The van der Waals surface area contributed by atoms with Crippen molar-refractivity contribution in [2.24, 2.45) is 0 Å². The summed E-state index contributed by atoms with van der Waals surface area (Å²) in [6.45, 7) is 3.33. The van der Waals surface area contributed by atoms with Crippen molar-refractivity contribution in [2.75, 3.05) is 5.75 Å². The zero-order valence-electron chi connectivity index (χ0n) is 14.4. The van der Waals surface area contributed by atoms with Crippen LogP contribution in [-0.4, -0.2) is 23.2 Å². The van der Waals surface area contributed by atoms with Gasteiger partial charge in [-0.1, -0.05) is 53.6 Å². The quantitative estimate of drug-likeness (QED) is 0.764. The summed E-state index contributed by atoms with van der Waals surface area (Å²) in [5, 5.41) is 3.23. The Balaban J connectivity index is 0.000000254. The SMILES string of the molecule is CC(=O)NC1=C(CS)C(=O)c2ccccc2C1=O.Cc1ccc(Cl)cc1. The third-order valence-corrected chi connectivity index (χ3v) is 4.26. The van der Waals surface area contributed by atoms with E-state index in [9.17, 15) is 14.4 Å². The first kappa shape index (κ1) is 19.9. The van der Waals surface area contributed by atoms with E-state index in [4.69, 9.17) is 11.6 Å². The molecule has 6 heteroatoms. The molecular formula is C20H18ClNO3S. The zero-order valence-corrected chi connectivity index (χ0v) is 16.0. The fourth-order valence-corrected chi connectivity index (χ4v) is 2.85. The normalized spacial score (nSPS) is 12.9. The van der Waals surface area contributed by atoms with Crippen molar-refractivity contribution < 1.29 is 14.4 Å². The molecule has 0 unspecified atom stereocenters. The number of carbonyl (C=O) groups excluding carboxylic acids is 3. The van der Waals surface area contributed by atoms with Crippen LogP contribution in [-0.2, 0) is 4.79 Å². The van der Waals surface area contributed by atoms with E-state index in [2.05, 4.69) is 17.9 Å². The van der Waals surface area contributed by atoms with Crippen LogP contribution in [0.3, 0.4) is 0 Å². The molecule has 134 valence electrons. The fourth-order valence-electron chi connectivity index (χ4n) is 2.42. The van der Waals surface area contributed by atoms with Gasteiger partial charge in [0.25, 0.3) is 0 Å². The van der Waals surface area contributed by atoms with Gasteiger partial charge in [-0.05, 0) is 19.1 Å². The van der Waals surface area contributed by atoms with Crippen LogP contribution in [0.1, 0.15) is 33.2 Å². The third kappa shape index (κ3) is 4.62. The molecule has 0 spiro atoms. The molecule has 4 nitrogen and oxygen atoms in total. The molecule has 1 N–H and O–H groups in total. The third-order valence-electron chi connectivity index (χ3n) is 3.69. The minimum Gasteiger partial charge on any atom is -0.323 e. The lowest BCUT2D eigenvalue weighted by atomic mass is 9.88. The van der Waals surface area contributed by atoms with Gasteiger partial charge >= 0.3 is 0 Å². The molecule has 3 rings (SSSR count). The molecule has 0 saturated heterocycles. The molecule has 0 saturated carbocycles. The summed E-state index contributed by atoms with van der Waals surface area (Å²) in [6, 6.07) is 14.3. The molecule has 0 bridgehead atoms. The lowest BCUT2D eigenvalue weighted by Gasteiger charge is -2.19. The van der Waals surface area contributed by atoms with Crippen molar-refractivity contribution in [3.05, 3.63) is 81.5 Å². The standard InChI is InChI=1S/C13H11NO3S.C7H7Cl/c1-7(15)14-11-10(6-18)12(16)8-4-2-3-5-9(8)13(11)17;1-6-2-4-7(8)5-3-6/h2-5,18H,6H2,1H3,(H,14,15);2-5H,1H3. The second kappa shape index (κ2) is 8.83. The average Bonchev–Trinajstić information content (AvgIpc) is 2.62. The highest BCUT2D eigenvalue weighted by Gasteiger charge is 2.31. The Bertz CT molecular complexity index is 867. The minimum atomic E-state index is -0.384. The molecule has 0 radical (unpaired) electrons. The van der Waals surface area contributed by atoms with Gasteiger partial charge in [0.05, 0.1) is 5.70 Å². The maximum Gasteiger partial charge on any atom is 0.221 e. The zero-order chi connectivity index (χ0) is 19.3. The highest BCUT2D eigenvalue weighted by molar-refractivity contribution is 7.80. The van der Waals surface area contributed by atoms with Crippen LogP contribution in [0.4, 0.5) is 0 Å². The number of allylic oxidation sites excluding steroid dienone is 1. The van der Waals surface area contributed by atoms with Crippen molar-refractivity contribution in [3.63, 3.8) is 0 Å². The number of amides is 1. The number of ketones is 2. The van der Waals surface area contributed by atoms with Gasteiger partial charge in [-0.25, -0.2) is 0 Å². The Morgan fingerprint density at radius 1 is 1.00 bits per heavy atom. The first-order valence-corrected chi connectivity index (χ1v) is 8.88. The average molecular weight is 388 g/mol. The lowest BCUT2D eigenvalue weighted by Crippen LogP contribution is -2.33. The predicted molar refractivity (Wildman–Crippen MR) is 106 cm³/mol. The van der Waals surface area contributed by atoms with Gasteiger partial charge in [0, 0.05) is 34.4 Å². The van der Waals surface area contributed by atoms with E-state index >= 15 is 0 Å². The van der Waals surface area contributed by atoms with Gasteiger partial charge in [0.1, 0.15) is 0 Å². The number of rotatable bonds is 2. The summed E-state index contributed by atoms with van der Waals surface area (Å²) < 4.78 is 0. The fraction of sp³-hybridized carbons (Fsp3) is 0.150. The summed E-state index contributed by atoms with van der Waals surface area (Å²) in [7, 11) is 0. The van der Waals surface area contributed by atoms with Crippen molar-refractivity contribution in [3.8, 4) is 0 Å². The van der Waals surface area contributed by atoms with Crippen LogP contribution in [0, 0.1) is 6.92 Å². The Morgan fingerprint density at radius 2 is 1.54 bits per heavy atom. The van der Waals surface area contributed by atoms with Crippen molar-refractivity contribution in [1.82, 2.24) is 5.32 Å². The van der Waals surface area contributed by atoms with Gasteiger partial charge in [-0.3, -0.25) is 14.4 Å². The molecule has 1 amide bonds. The Morgan fingerprint density at radius 3 is 2.00 bits per heavy atom. The largest absolute Gasteiger partial charge is 0.323 e. The molecule has 0 fully saturated rings. The maximum absolute atomic E-state index is 12.2. The molecule has 1 aliphatic carbocycles.